The van der Waals surface area contributed by atoms with Crippen molar-refractivity contribution in [1.29, 1.82) is 0 Å². The fourth-order valence-electron chi connectivity index (χ4n) is 2.68. The van der Waals surface area contributed by atoms with Gasteiger partial charge in [0.15, 0.2) is 0 Å². The molecule has 4 nitrogen and oxygen atoms in total. The molecule has 0 bridgehead atoms. The van der Waals surface area contributed by atoms with Crippen LogP contribution in [0.15, 0.2) is 36.4 Å². The summed E-state index contributed by atoms with van der Waals surface area (Å²) >= 11 is 0. The van der Waals surface area contributed by atoms with Gasteiger partial charge in [-0.1, -0.05) is 25.5 Å². The van der Waals surface area contributed by atoms with Gasteiger partial charge in [0.2, 0.25) is 5.91 Å². The van der Waals surface area contributed by atoms with Crippen LogP contribution < -0.4 is 14.6 Å². The molecule has 0 heterocycles. The summed E-state index contributed by atoms with van der Waals surface area (Å²) in [7, 11) is 2.22. The third-order valence-corrected chi connectivity index (χ3v) is 4.23. The highest BCUT2D eigenvalue weighted by atomic mass is 31.0. The summed E-state index contributed by atoms with van der Waals surface area (Å²) in [4.78, 5) is 11.2. The predicted octanol–water partition coefficient (Wildman–Crippen LogP) is 4.52. The summed E-state index contributed by atoms with van der Waals surface area (Å²) in [6.07, 6.45) is 2.54. The Morgan fingerprint density at radius 1 is 1.27 bits per heavy atom. The smallest absolute Gasteiger partial charge is 0.216 e. The molecule has 0 saturated carbocycles. The van der Waals surface area contributed by atoms with E-state index < -0.39 is 0 Å². The Labute approximate surface area is 156 Å². The number of rotatable bonds is 9. The van der Waals surface area contributed by atoms with Crippen molar-refractivity contribution < 1.29 is 18.4 Å². The lowest BCUT2D eigenvalue weighted by Crippen LogP contribution is -2.22. The molecule has 0 aliphatic rings. The van der Waals surface area contributed by atoms with Crippen molar-refractivity contribution in [3.8, 4) is 22.6 Å². The minimum absolute atomic E-state index is 0.0873. The summed E-state index contributed by atoms with van der Waals surface area (Å²) in [5.74, 6) is 0.920. The molecule has 26 heavy (non-hydrogen) atoms. The summed E-state index contributed by atoms with van der Waals surface area (Å²) in [5.41, 5.74) is 2.50. The first kappa shape index (κ1) is 20.2. The molecular weight excluding hydrogens is 352 g/mol. The van der Waals surface area contributed by atoms with E-state index in [1.54, 1.807) is 6.07 Å². The molecule has 0 saturated heterocycles. The summed E-state index contributed by atoms with van der Waals surface area (Å²) < 4.78 is 25.0. The van der Waals surface area contributed by atoms with Gasteiger partial charge in [0.1, 0.15) is 17.3 Å². The van der Waals surface area contributed by atoms with E-state index in [1.807, 2.05) is 18.2 Å². The van der Waals surface area contributed by atoms with E-state index in [-0.39, 0.29) is 11.7 Å². The number of hydrogen-bond donors (Lipinski definition) is 1. The average Bonchev–Trinajstić information content (AvgIpc) is 2.62. The van der Waals surface area contributed by atoms with Gasteiger partial charge < -0.3 is 14.6 Å². The molecule has 6 heteroatoms. The Hall–Kier alpha value is -2.13. The molecule has 0 radical (unpaired) electrons. The predicted molar refractivity (Wildman–Crippen MR) is 105 cm³/mol. The largest absolute Gasteiger partial charge is 0.493 e. The number of nitrogens with one attached hydrogen (secondary N) is 1. The summed E-state index contributed by atoms with van der Waals surface area (Å²) in [6, 6.07) is 10.1. The lowest BCUT2D eigenvalue weighted by atomic mass is 9.96. The van der Waals surface area contributed by atoms with Gasteiger partial charge in [0.25, 0.3) is 0 Å². The molecular formula is C20H25FNO3P. The number of carbonyl (C=O) groups is 1. The molecule has 0 aliphatic carbocycles. The molecule has 0 aliphatic heterocycles. The van der Waals surface area contributed by atoms with Crippen LogP contribution in [0.4, 0.5) is 4.39 Å². The Kier molecular flexibility index (Phi) is 7.86. The Balaban J connectivity index is 2.46. The number of carbonyl (C=O) groups excluding carboxylic acids is 1. The van der Waals surface area contributed by atoms with Crippen LogP contribution in [0.5, 0.6) is 11.5 Å². The Morgan fingerprint density at radius 3 is 2.73 bits per heavy atom. The lowest BCUT2D eigenvalue weighted by molar-refractivity contribution is -0.118. The molecule has 140 valence electrons. The number of unbranched alkanes of at least 4 members (excludes halogenated alkanes) is 1. The highest BCUT2D eigenvalue weighted by molar-refractivity contribution is 7.10. The van der Waals surface area contributed by atoms with Gasteiger partial charge in [-0.15, -0.1) is 0 Å². The van der Waals surface area contributed by atoms with Crippen molar-refractivity contribution in [3.05, 3.63) is 47.8 Å². The fourth-order valence-corrected chi connectivity index (χ4v) is 2.81. The summed E-state index contributed by atoms with van der Waals surface area (Å²) in [6.45, 7) is 4.65. The second-order valence-corrected chi connectivity index (χ2v) is 6.25. The zero-order valence-electron chi connectivity index (χ0n) is 15.2. The molecule has 0 aromatic heterocycles. The van der Waals surface area contributed by atoms with Crippen LogP contribution in [0.1, 0.15) is 32.3 Å². The van der Waals surface area contributed by atoms with Crippen molar-refractivity contribution in [2.45, 2.75) is 33.1 Å². The number of ether oxygens (including phenoxy) is 1. The Morgan fingerprint density at radius 2 is 2.08 bits per heavy atom. The molecule has 1 unspecified atom stereocenters. The monoisotopic (exact) mass is 377 g/mol. The number of halogens is 1. The zero-order valence-corrected chi connectivity index (χ0v) is 16.3. The topological polar surface area (TPSA) is 47.6 Å². The number of hydrogen-bond acceptors (Lipinski definition) is 3. The normalized spacial score (nSPS) is 10.5. The molecule has 1 N–H and O–H groups in total. The first-order chi connectivity index (χ1) is 12.5. The van der Waals surface area contributed by atoms with Crippen LogP contribution in [-0.2, 0) is 11.2 Å². The van der Waals surface area contributed by atoms with Crippen LogP contribution in [-0.4, -0.2) is 19.1 Å². The second kappa shape index (κ2) is 10.1. The highest BCUT2D eigenvalue weighted by Gasteiger charge is 2.15. The van der Waals surface area contributed by atoms with Gasteiger partial charge in [-0.05, 0) is 42.2 Å². The van der Waals surface area contributed by atoms with Crippen molar-refractivity contribution in [3.63, 3.8) is 0 Å². The van der Waals surface area contributed by atoms with E-state index in [2.05, 4.69) is 21.7 Å². The second-order valence-electron chi connectivity index (χ2n) is 6.01. The molecule has 1 atom stereocenters. The SMILES string of the molecule is CCCCOc1cc(OP)cc(-c2cccc(F)c2)c1CCNC(C)=O. The van der Waals surface area contributed by atoms with Crippen LogP contribution in [0.2, 0.25) is 0 Å². The maximum Gasteiger partial charge on any atom is 0.216 e. The van der Waals surface area contributed by atoms with Crippen LogP contribution >= 0.6 is 9.47 Å². The van der Waals surface area contributed by atoms with Crippen molar-refractivity contribution in [1.82, 2.24) is 5.32 Å². The first-order valence-electron chi connectivity index (χ1n) is 8.72. The van der Waals surface area contributed by atoms with Crippen LogP contribution in [0, 0.1) is 5.82 Å². The van der Waals surface area contributed by atoms with E-state index in [9.17, 15) is 9.18 Å². The fraction of sp³-hybridized carbons (Fsp3) is 0.350. The minimum Gasteiger partial charge on any atom is -0.493 e. The zero-order chi connectivity index (χ0) is 18.9. The molecule has 1 amide bonds. The van der Waals surface area contributed by atoms with E-state index >= 15 is 0 Å². The molecule has 2 aromatic rings. The highest BCUT2D eigenvalue weighted by Crippen LogP contribution is 2.37. The van der Waals surface area contributed by atoms with E-state index in [0.29, 0.717) is 31.1 Å². The third kappa shape index (κ3) is 5.70. The minimum atomic E-state index is -0.305. The summed E-state index contributed by atoms with van der Waals surface area (Å²) in [5, 5.41) is 2.80. The molecule has 0 fully saturated rings. The quantitative estimate of drug-likeness (QED) is 0.516. The molecule has 2 rings (SSSR count). The first-order valence-corrected chi connectivity index (χ1v) is 9.19. The van der Waals surface area contributed by atoms with Crippen LogP contribution in [0.25, 0.3) is 11.1 Å². The molecule has 2 aromatic carbocycles. The van der Waals surface area contributed by atoms with Crippen LogP contribution in [0.3, 0.4) is 0 Å². The van der Waals surface area contributed by atoms with E-state index in [1.165, 1.54) is 19.1 Å². The number of amides is 1. The average molecular weight is 377 g/mol. The lowest BCUT2D eigenvalue weighted by Gasteiger charge is -2.18. The van der Waals surface area contributed by atoms with Gasteiger partial charge in [0.05, 0.1) is 16.1 Å². The maximum absolute atomic E-state index is 13.8. The van der Waals surface area contributed by atoms with Gasteiger partial charge in [-0.25, -0.2) is 4.39 Å². The maximum atomic E-state index is 13.8. The van der Waals surface area contributed by atoms with Gasteiger partial charge in [-0.2, -0.15) is 0 Å². The Bertz CT molecular complexity index is 752. The molecule has 0 spiro atoms. The van der Waals surface area contributed by atoms with Gasteiger partial charge in [0, 0.05) is 25.1 Å². The van der Waals surface area contributed by atoms with Crippen molar-refractivity contribution in [2.24, 2.45) is 0 Å². The van der Waals surface area contributed by atoms with Crippen molar-refractivity contribution >= 4 is 15.4 Å². The standard InChI is InChI=1S/C20H25FNO3P/c1-3-4-10-24-20-13-17(25-26)12-19(15-6-5-7-16(21)11-15)18(20)8-9-22-14(2)23/h5-7,11-13H,3-4,8-10,26H2,1-2H3,(H,22,23). The third-order valence-electron chi connectivity index (χ3n) is 3.96. The van der Waals surface area contributed by atoms with Gasteiger partial charge in [-0.3, -0.25) is 4.79 Å². The van der Waals surface area contributed by atoms with Gasteiger partial charge >= 0.3 is 0 Å². The number of benzene rings is 2. The van der Waals surface area contributed by atoms with Crippen molar-refractivity contribution in [2.75, 3.05) is 13.2 Å². The van der Waals surface area contributed by atoms with E-state index in [4.69, 9.17) is 9.26 Å². The van der Waals surface area contributed by atoms with E-state index in [0.717, 1.165) is 29.5 Å².